The van der Waals surface area contributed by atoms with Crippen molar-refractivity contribution in [2.45, 2.75) is 25.3 Å². The van der Waals surface area contributed by atoms with Gasteiger partial charge in [-0.25, -0.2) is 4.98 Å². The lowest BCUT2D eigenvalue weighted by atomic mass is 10.0. The molecular weight excluding hydrogens is 232 g/mol. The van der Waals surface area contributed by atoms with E-state index >= 15 is 0 Å². The Bertz CT molecular complexity index is 543. The maximum absolute atomic E-state index is 5.25. The lowest BCUT2D eigenvalue weighted by Crippen LogP contribution is -2.32. The zero-order chi connectivity index (χ0) is 11.9. The summed E-state index contributed by atoms with van der Waals surface area (Å²) in [5, 5.41) is 4.75. The summed E-state index contributed by atoms with van der Waals surface area (Å²) in [5.74, 6) is 0.900. The first-order chi connectivity index (χ1) is 8.21. The fourth-order valence-corrected chi connectivity index (χ4v) is 3.49. The molecule has 3 nitrogen and oxygen atoms in total. The number of hydrogen-bond acceptors (Lipinski definition) is 4. The number of methoxy groups -OCH3 is 1. The van der Waals surface area contributed by atoms with Crippen molar-refractivity contribution in [3.8, 4) is 5.75 Å². The third-order valence-corrected chi connectivity index (χ3v) is 4.72. The Morgan fingerprint density at radius 3 is 3.06 bits per heavy atom. The summed E-state index contributed by atoms with van der Waals surface area (Å²) in [4.78, 5) is 4.74. The maximum atomic E-state index is 5.25. The van der Waals surface area contributed by atoms with E-state index in [1.54, 1.807) is 18.4 Å². The fourth-order valence-electron chi connectivity index (χ4n) is 2.35. The minimum absolute atomic E-state index is 0.0664. The Morgan fingerprint density at radius 1 is 1.47 bits per heavy atom. The van der Waals surface area contributed by atoms with Crippen LogP contribution in [0, 0.1) is 0 Å². The highest BCUT2D eigenvalue weighted by molar-refractivity contribution is 7.18. The largest absolute Gasteiger partial charge is 0.497 e. The van der Waals surface area contributed by atoms with Gasteiger partial charge in [-0.3, -0.25) is 0 Å². The van der Waals surface area contributed by atoms with Gasteiger partial charge in [-0.1, -0.05) is 0 Å². The van der Waals surface area contributed by atoms with Gasteiger partial charge >= 0.3 is 0 Å². The van der Waals surface area contributed by atoms with Gasteiger partial charge in [0.15, 0.2) is 0 Å². The van der Waals surface area contributed by atoms with Gasteiger partial charge in [0, 0.05) is 0 Å². The molecule has 4 heteroatoms. The number of fused-ring (bicyclic) bond motifs is 1. The van der Waals surface area contributed by atoms with Crippen LogP contribution in [0.3, 0.4) is 0 Å². The number of aromatic nitrogens is 1. The molecule has 2 aromatic rings. The Hall–Kier alpha value is -1.13. The van der Waals surface area contributed by atoms with Gasteiger partial charge < -0.3 is 10.1 Å². The molecule has 0 amide bonds. The Morgan fingerprint density at radius 2 is 2.35 bits per heavy atom. The van der Waals surface area contributed by atoms with Crippen molar-refractivity contribution in [3.05, 3.63) is 23.2 Å². The Balaban J connectivity index is 2.07. The van der Waals surface area contributed by atoms with E-state index < -0.39 is 0 Å². The number of benzene rings is 1. The first-order valence-corrected chi connectivity index (χ1v) is 6.73. The number of nitrogens with one attached hydrogen (secondary N) is 1. The molecule has 0 spiro atoms. The van der Waals surface area contributed by atoms with Crippen molar-refractivity contribution in [1.29, 1.82) is 0 Å². The van der Waals surface area contributed by atoms with Crippen LogP contribution in [0.1, 0.15) is 24.8 Å². The SMILES string of the molecule is COc1ccc2nc(C3(C)CCCN3)sc2c1. The van der Waals surface area contributed by atoms with Crippen LogP contribution in [0.4, 0.5) is 0 Å². The van der Waals surface area contributed by atoms with Gasteiger partial charge in [0.05, 0.1) is 22.9 Å². The molecule has 1 saturated heterocycles. The van der Waals surface area contributed by atoms with Crippen molar-refractivity contribution < 1.29 is 4.74 Å². The van der Waals surface area contributed by atoms with E-state index in [9.17, 15) is 0 Å². The van der Waals surface area contributed by atoms with E-state index in [1.807, 2.05) is 12.1 Å². The van der Waals surface area contributed by atoms with Crippen molar-refractivity contribution in [2.75, 3.05) is 13.7 Å². The number of thiazole rings is 1. The summed E-state index contributed by atoms with van der Waals surface area (Å²) in [6, 6.07) is 6.07. The predicted octanol–water partition coefficient (Wildman–Crippen LogP) is 2.90. The van der Waals surface area contributed by atoms with Crippen molar-refractivity contribution in [2.24, 2.45) is 0 Å². The third kappa shape index (κ3) is 1.81. The van der Waals surface area contributed by atoms with Gasteiger partial charge in [0.2, 0.25) is 0 Å². The van der Waals surface area contributed by atoms with E-state index in [0.717, 1.165) is 17.8 Å². The number of nitrogens with zero attached hydrogens (tertiary/aromatic N) is 1. The summed E-state index contributed by atoms with van der Waals surface area (Å²) < 4.78 is 6.45. The minimum Gasteiger partial charge on any atom is -0.497 e. The van der Waals surface area contributed by atoms with E-state index in [2.05, 4.69) is 18.3 Å². The summed E-state index contributed by atoms with van der Waals surface area (Å²) >= 11 is 1.77. The maximum Gasteiger partial charge on any atom is 0.120 e. The molecule has 90 valence electrons. The molecule has 1 aromatic heterocycles. The van der Waals surface area contributed by atoms with Gasteiger partial charge in [-0.05, 0) is 44.5 Å². The first-order valence-electron chi connectivity index (χ1n) is 5.91. The fraction of sp³-hybridized carbons (Fsp3) is 0.462. The van der Waals surface area contributed by atoms with Crippen LogP contribution in [0.2, 0.25) is 0 Å². The average molecular weight is 248 g/mol. The molecule has 2 heterocycles. The van der Waals surface area contributed by atoms with Crippen LogP contribution in [-0.2, 0) is 5.54 Å². The quantitative estimate of drug-likeness (QED) is 0.887. The summed E-state index contributed by atoms with van der Waals surface area (Å²) in [6.07, 6.45) is 2.40. The lowest BCUT2D eigenvalue weighted by Gasteiger charge is -2.20. The van der Waals surface area contributed by atoms with Crippen LogP contribution in [0.25, 0.3) is 10.2 Å². The summed E-state index contributed by atoms with van der Waals surface area (Å²) in [6.45, 7) is 3.34. The lowest BCUT2D eigenvalue weighted by molar-refractivity contribution is 0.415. The smallest absolute Gasteiger partial charge is 0.120 e. The molecular formula is C13H16N2OS. The molecule has 3 rings (SSSR count). The molecule has 17 heavy (non-hydrogen) atoms. The molecule has 0 radical (unpaired) electrons. The summed E-state index contributed by atoms with van der Waals surface area (Å²) in [5.41, 5.74) is 1.14. The van der Waals surface area contributed by atoms with Crippen LogP contribution in [0.5, 0.6) is 5.75 Å². The van der Waals surface area contributed by atoms with E-state index in [4.69, 9.17) is 9.72 Å². The van der Waals surface area contributed by atoms with E-state index in [-0.39, 0.29) is 5.54 Å². The zero-order valence-electron chi connectivity index (χ0n) is 10.1. The molecule has 1 atom stereocenters. The Kier molecular flexibility index (Phi) is 2.56. The van der Waals surface area contributed by atoms with Crippen LogP contribution in [0.15, 0.2) is 18.2 Å². The first kappa shape index (κ1) is 11.0. The van der Waals surface area contributed by atoms with Gasteiger partial charge in [-0.15, -0.1) is 11.3 Å². The molecule has 0 bridgehead atoms. The molecule has 0 saturated carbocycles. The highest BCUT2D eigenvalue weighted by atomic mass is 32.1. The average Bonchev–Trinajstić information content (AvgIpc) is 2.94. The second-order valence-corrected chi connectivity index (χ2v) is 5.75. The predicted molar refractivity (Wildman–Crippen MR) is 70.8 cm³/mol. The van der Waals surface area contributed by atoms with Crippen molar-refractivity contribution >= 4 is 21.6 Å². The van der Waals surface area contributed by atoms with Crippen LogP contribution < -0.4 is 10.1 Å². The topological polar surface area (TPSA) is 34.1 Å². The van der Waals surface area contributed by atoms with E-state index in [1.165, 1.54) is 22.5 Å². The zero-order valence-corrected chi connectivity index (χ0v) is 10.9. The molecule has 0 aliphatic carbocycles. The number of ether oxygens (including phenoxy) is 1. The van der Waals surface area contributed by atoms with Crippen molar-refractivity contribution in [1.82, 2.24) is 10.3 Å². The summed E-state index contributed by atoms with van der Waals surface area (Å²) in [7, 11) is 1.70. The van der Waals surface area contributed by atoms with Crippen LogP contribution >= 0.6 is 11.3 Å². The van der Waals surface area contributed by atoms with E-state index in [0.29, 0.717) is 0 Å². The van der Waals surface area contributed by atoms with Gasteiger partial charge in [-0.2, -0.15) is 0 Å². The van der Waals surface area contributed by atoms with Gasteiger partial charge in [0.1, 0.15) is 10.8 Å². The normalized spacial score (nSPS) is 24.4. The molecule has 1 fully saturated rings. The molecule has 1 unspecified atom stereocenters. The van der Waals surface area contributed by atoms with Crippen molar-refractivity contribution in [3.63, 3.8) is 0 Å². The number of hydrogen-bond donors (Lipinski definition) is 1. The molecule has 1 N–H and O–H groups in total. The number of rotatable bonds is 2. The van der Waals surface area contributed by atoms with Gasteiger partial charge in [0.25, 0.3) is 0 Å². The molecule has 1 aliphatic rings. The minimum atomic E-state index is 0.0664. The Labute approximate surface area is 105 Å². The second kappa shape index (κ2) is 3.96. The van der Waals surface area contributed by atoms with Crippen LogP contribution in [-0.4, -0.2) is 18.6 Å². The second-order valence-electron chi connectivity index (χ2n) is 4.72. The third-order valence-electron chi connectivity index (χ3n) is 3.44. The molecule has 1 aliphatic heterocycles. The highest BCUT2D eigenvalue weighted by Gasteiger charge is 2.33. The standard InChI is InChI=1S/C13H16N2OS/c1-13(6-3-7-14-13)12-15-10-5-4-9(16-2)8-11(10)17-12/h4-5,8,14H,3,6-7H2,1-2H3. The molecule has 1 aromatic carbocycles. The highest BCUT2D eigenvalue weighted by Crippen LogP contribution is 2.36. The monoisotopic (exact) mass is 248 g/mol.